The van der Waals surface area contributed by atoms with Crippen molar-refractivity contribution in [2.45, 2.75) is 22.7 Å². The molecule has 0 radical (unpaired) electrons. The van der Waals surface area contributed by atoms with E-state index >= 15 is 0 Å². The second-order valence-electron chi connectivity index (χ2n) is 3.17. The Morgan fingerprint density at radius 2 is 2.20 bits per heavy atom. The monoisotopic (exact) mass is 236 g/mol. The molecule has 0 atom stereocenters. The van der Waals surface area contributed by atoms with E-state index in [0.29, 0.717) is 6.54 Å². The van der Waals surface area contributed by atoms with Crippen molar-refractivity contribution in [2.75, 3.05) is 0 Å². The van der Waals surface area contributed by atoms with Crippen molar-refractivity contribution in [3.63, 3.8) is 0 Å². The Labute approximate surface area is 97.5 Å². The van der Waals surface area contributed by atoms with E-state index in [4.69, 9.17) is 5.73 Å². The van der Waals surface area contributed by atoms with Crippen molar-refractivity contribution >= 4 is 23.1 Å². The SMILES string of the molecule is Cc1csc(Sc2ccccc2CN)n1. The molecule has 0 unspecified atom stereocenters. The van der Waals surface area contributed by atoms with Gasteiger partial charge >= 0.3 is 0 Å². The molecule has 2 aromatic rings. The highest BCUT2D eigenvalue weighted by Crippen LogP contribution is 2.32. The average Bonchev–Trinajstić information content (AvgIpc) is 2.65. The van der Waals surface area contributed by atoms with Crippen molar-refractivity contribution in [1.29, 1.82) is 0 Å². The van der Waals surface area contributed by atoms with Gasteiger partial charge in [0.2, 0.25) is 0 Å². The van der Waals surface area contributed by atoms with Crippen LogP contribution in [0.1, 0.15) is 11.3 Å². The number of hydrogen-bond donors (Lipinski definition) is 1. The van der Waals surface area contributed by atoms with Gasteiger partial charge in [0.05, 0.1) is 0 Å². The van der Waals surface area contributed by atoms with Crippen molar-refractivity contribution in [3.8, 4) is 0 Å². The normalized spacial score (nSPS) is 10.5. The minimum Gasteiger partial charge on any atom is -0.326 e. The predicted molar refractivity (Wildman–Crippen MR) is 65.3 cm³/mol. The molecule has 1 heterocycles. The Morgan fingerprint density at radius 3 is 2.87 bits per heavy atom. The van der Waals surface area contributed by atoms with E-state index < -0.39 is 0 Å². The number of nitrogens with two attached hydrogens (primary N) is 1. The molecule has 78 valence electrons. The molecule has 1 aromatic heterocycles. The third kappa shape index (κ3) is 2.59. The summed E-state index contributed by atoms with van der Waals surface area (Å²) in [7, 11) is 0. The van der Waals surface area contributed by atoms with Gasteiger partial charge in [-0.2, -0.15) is 0 Å². The molecule has 0 aliphatic heterocycles. The Bertz CT molecular complexity index is 451. The van der Waals surface area contributed by atoms with Gasteiger partial charge in [0.1, 0.15) is 0 Å². The highest BCUT2D eigenvalue weighted by atomic mass is 32.2. The van der Waals surface area contributed by atoms with E-state index in [1.165, 1.54) is 10.5 Å². The van der Waals surface area contributed by atoms with Crippen LogP contribution < -0.4 is 5.73 Å². The van der Waals surface area contributed by atoms with Crippen LogP contribution in [0.15, 0.2) is 38.9 Å². The second kappa shape index (κ2) is 4.79. The summed E-state index contributed by atoms with van der Waals surface area (Å²) in [6.07, 6.45) is 0. The van der Waals surface area contributed by atoms with Gasteiger partial charge < -0.3 is 5.73 Å². The Balaban J connectivity index is 2.23. The minimum absolute atomic E-state index is 0.577. The summed E-state index contributed by atoms with van der Waals surface area (Å²) in [6.45, 7) is 2.59. The maximum absolute atomic E-state index is 5.68. The highest BCUT2D eigenvalue weighted by Gasteiger charge is 2.04. The predicted octanol–water partition coefficient (Wildman–Crippen LogP) is 3.06. The Kier molecular flexibility index (Phi) is 3.41. The topological polar surface area (TPSA) is 38.9 Å². The minimum atomic E-state index is 0.577. The molecule has 0 saturated heterocycles. The van der Waals surface area contributed by atoms with Crippen LogP contribution in [0.3, 0.4) is 0 Å². The van der Waals surface area contributed by atoms with E-state index in [2.05, 4.69) is 22.5 Å². The second-order valence-corrected chi connectivity index (χ2v) is 5.32. The van der Waals surface area contributed by atoms with Gasteiger partial charge in [-0.25, -0.2) is 4.98 Å². The molecular formula is C11H12N2S2. The summed E-state index contributed by atoms with van der Waals surface area (Å²) < 4.78 is 1.08. The number of aryl methyl sites for hydroxylation is 1. The molecule has 0 spiro atoms. The fourth-order valence-electron chi connectivity index (χ4n) is 1.25. The van der Waals surface area contributed by atoms with Crippen molar-refractivity contribution in [1.82, 2.24) is 4.98 Å². The van der Waals surface area contributed by atoms with Gasteiger partial charge in [0, 0.05) is 22.5 Å². The zero-order chi connectivity index (χ0) is 10.7. The van der Waals surface area contributed by atoms with Gasteiger partial charge in [-0.05, 0) is 18.6 Å². The van der Waals surface area contributed by atoms with Crippen LogP contribution in [0.2, 0.25) is 0 Å². The average molecular weight is 236 g/mol. The molecule has 1 aromatic carbocycles. The number of thiazole rings is 1. The van der Waals surface area contributed by atoms with Crippen LogP contribution in [0.4, 0.5) is 0 Å². The van der Waals surface area contributed by atoms with E-state index in [1.807, 2.05) is 19.1 Å². The molecule has 2 N–H and O–H groups in total. The summed E-state index contributed by atoms with van der Waals surface area (Å²) in [5, 5.41) is 2.06. The molecule has 2 rings (SSSR count). The van der Waals surface area contributed by atoms with Crippen LogP contribution in [-0.4, -0.2) is 4.98 Å². The van der Waals surface area contributed by atoms with Crippen molar-refractivity contribution in [3.05, 3.63) is 40.9 Å². The van der Waals surface area contributed by atoms with Crippen molar-refractivity contribution in [2.24, 2.45) is 5.73 Å². The van der Waals surface area contributed by atoms with Crippen molar-refractivity contribution < 1.29 is 0 Å². The summed E-state index contributed by atoms with van der Waals surface area (Å²) in [5.41, 5.74) is 7.93. The van der Waals surface area contributed by atoms with Crippen LogP contribution in [0.25, 0.3) is 0 Å². The lowest BCUT2D eigenvalue weighted by Gasteiger charge is -2.03. The van der Waals surface area contributed by atoms with Crippen LogP contribution >= 0.6 is 23.1 Å². The number of rotatable bonds is 3. The van der Waals surface area contributed by atoms with Gasteiger partial charge in [-0.1, -0.05) is 30.0 Å². The lowest BCUT2D eigenvalue weighted by atomic mass is 10.2. The van der Waals surface area contributed by atoms with E-state index in [-0.39, 0.29) is 0 Å². The van der Waals surface area contributed by atoms with Gasteiger partial charge in [0.25, 0.3) is 0 Å². The van der Waals surface area contributed by atoms with Crippen LogP contribution in [0, 0.1) is 6.92 Å². The summed E-state index contributed by atoms with van der Waals surface area (Å²) in [4.78, 5) is 5.63. The molecule has 4 heteroatoms. The van der Waals surface area contributed by atoms with E-state index in [9.17, 15) is 0 Å². The van der Waals surface area contributed by atoms with E-state index in [1.54, 1.807) is 23.1 Å². The summed E-state index contributed by atoms with van der Waals surface area (Å²) >= 11 is 3.36. The Morgan fingerprint density at radius 1 is 1.40 bits per heavy atom. The van der Waals surface area contributed by atoms with E-state index in [0.717, 1.165) is 10.0 Å². The first-order valence-corrected chi connectivity index (χ1v) is 6.37. The molecule has 0 amide bonds. The molecule has 0 aliphatic carbocycles. The third-order valence-corrected chi connectivity index (χ3v) is 4.16. The fraction of sp³-hybridized carbons (Fsp3) is 0.182. The molecule has 15 heavy (non-hydrogen) atoms. The largest absolute Gasteiger partial charge is 0.326 e. The van der Waals surface area contributed by atoms with Gasteiger partial charge in [-0.3, -0.25) is 0 Å². The standard InChI is InChI=1S/C11H12N2S2/c1-8-7-14-11(13-8)15-10-5-3-2-4-9(10)6-12/h2-5,7H,6,12H2,1H3. The van der Waals surface area contributed by atoms with Gasteiger partial charge in [-0.15, -0.1) is 11.3 Å². The number of benzene rings is 1. The summed E-state index contributed by atoms with van der Waals surface area (Å²) in [5.74, 6) is 0. The zero-order valence-corrected chi connectivity index (χ0v) is 10.1. The molecule has 0 fully saturated rings. The van der Waals surface area contributed by atoms with Crippen LogP contribution in [0.5, 0.6) is 0 Å². The van der Waals surface area contributed by atoms with Gasteiger partial charge in [0.15, 0.2) is 4.34 Å². The number of aromatic nitrogens is 1. The molecule has 0 bridgehead atoms. The Hall–Kier alpha value is -0.840. The van der Waals surface area contributed by atoms with Crippen LogP contribution in [-0.2, 0) is 6.54 Å². The lowest BCUT2D eigenvalue weighted by Crippen LogP contribution is -1.97. The first kappa shape index (κ1) is 10.7. The maximum Gasteiger partial charge on any atom is 0.154 e. The maximum atomic E-state index is 5.68. The highest BCUT2D eigenvalue weighted by molar-refractivity contribution is 8.01. The first-order chi connectivity index (χ1) is 7.29. The third-order valence-electron chi connectivity index (χ3n) is 1.99. The lowest BCUT2D eigenvalue weighted by molar-refractivity contribution is 1.02. The number of nitrogens with zero attached hydrogens (tertiary/aromatic N) is 1. The molecular weight excluding hydrogens is 224 g/mol. The fourth-order valence-corrected chi connectivity index (χ4v) is 3.18. The molecule has 0 saturated carbocycles. The smallest absolute Gasteiger partial charge is 0.154 e. The summed E-state index contributed by atoms with van der Waals surface area (Å²) in [6, 6.07) is 8.19. The first-order valence-electron chi connectivity index (χ1n) is 4.67. The quantitative estimate of drug-likeness (QED) is 0.890. The molecule has 2 nitrogen and oxygen atoms in total. The zero-order valence-electron chi connectivity index (χ0n) is 8.43. The number of hydrogen-bond acceptors (Lipinski definition) is 4. The molecule has 0 aliphatic rings.